The number of pyridine rings is 1. The fraction of sp³-hybridized carbons (Fsp3) is 0.625. The van der Waals surface area contributed by atoms with Crippen LogP contribution in [0.2, 0.25) is 0 Å². The first-order chi connectivity index (χ1) is 9.66. The predicted octanol–water partition coefficient (Wildman–Crippen LogP) is 3.00. The molecule has 0 saturated carbocycles. The zero-order chi connectivity index (χ0) is 14.4. The monoisotopic (exact) mass is 292 g/mol. The largest absolute Gasteiger partial charge is 0.341 e. The third kappa shape index (κ3) is 4.51. The van der Waals surface area contributed by atoms with E-state index in [0.29, 0.717) is 23.5 Å². The van der Waals surface area contributed by atoms with Gasteiger partial charge in [0, 0.05) is 42.4 Å². The van der Waals surface area contributed by atoms with Gasteiger partial charge in [0.15, 0.2) is 0 Å². The van der Waals surface area contributed by atoms with Crippen molar-refractivity contribution in [2.24, 2.45) is 5.92 Å². The van der Waals surface area contributed by atoms with Gasteiger partial charge in [0.05, 0.1) is 0 Å². The van der Waals surface area contributed by atoms with Crippen LogP contribution in [0.25, 0.3) is 0 Å². The molecule has 0 spiro atoms. The van der Waals surface area contributed by atoms with Gasteiger partial charge >= 0.3 is 0 Å². The van der Waals surface area contributed by atoms with E-state index >= 15 is 0 Å². The highest BCUT2D eigenvalue weighted by molar-refractivity contribution is 8.00. The summed E-state index contributed by atoms with van der Waals surface area (Å²) in [5.41, 5.74) is 1.08. The molecule has 1 aliphatic heterocycles. The Morgan fingerprint density at radius 2 is 2.35 bits per heavy atom. The zero-order valence-corrected chi connectivity index (χ0v) is 13.2. The van der Waals surface area contributed by atoms with Gasteiger partial charge in [-0.2, -0.15) is 11.8 Å². The number of nitrogens with zero attached hydrogens (tertiary/aromatic N) is 2. The van der Waals surface area contributed by atoms with E-state index in [1.165, 1.54) is 0 Å². The summed E-state index contributed by atoms with van der Waals surface area (Å²) in [5, 5.41) is 0.600. The lowest BCUT2D eigenvalue weighted by molar-refractivity contribution is -0.131. The van der Waals surface area contributed by atoms with Crippen LogP contribution >= 0.6 is 11.8 Å². The molecule has 1 aromatic rings. The molecule has 1 aromatic heterocycles. The van der Waals surface area contributed by atoms with Crippen molar-refractivity contribution < 1.29 is 4.79 Å². The van der Waals surface area contributed by atoms with Crippen LogP contribution in [0, 0.1) is 5.92 Å². The van der Waals surface area contributed by atoms with E-state index in [1.807, 2.05) is 36.2 Å². The van der Waals surface area contributed by atoms with Crippen LogP contribution in [0.4, 0.5) is 0 Å². The molecule has 0 radical (unpaired) electrons. The van der Waals surface area contributed by atoms with Crippen LogP contribution in [0.1, 0.15) is 32.4 Å². The van der Waals surface area contributed by atoms with E-state index in [-0.39, 0.29) is 0 Å². The van der Waals surface area contributed by atoms with E-state index in [2.05, 4.69) is 23.7 Å². The lowest BCUT2D eigenvalue weighted by Crippen LogP contribution is -2.43. The molecule has 1 atom stereocenters. The van der Waals surface area contributed by atoms with Gasteiger partial charge in [-0.25, -0.2) is 0 Å². The molecule has 3 nitrogen and oxygen atoms in total. The van der Waals surface area contributed by atoms with Gasteiger partial charge in [-0.15, -0.1) is 0 Å². The highest BCUT2D eigenvalue weighted by Gasteiger charge is 2.25. The maximum absolute atomic E-state index is 12.3. The van der Waals surface area contributed by atoms with Crippen molar-refractivity contribution >= 4 is 17.7 Å². The molecular weight excluding hydrogens is 268 g/mol. The van der Waals surface area contributed by atoms with Crippen LogP contribution in [-0.2, 0) is 11.2 Å². The molecule has 0 aromatic carbocycles. The van der Waals surface area contributed by atoms with Crippen LogP contribution in [0.5, 0.6) is 0 Å². The number of carbonyl (C=O) groups is 1. The van der Waals surface area contributed by atoms with Crippen LogP contribution in [0.3, 0.4) is 0 Å². The molecule has 1 saturated heterocycles. The first kappa shape index (κ1) is 15.4. The summed E-state index contributed by atoms with van der Waals surface area (Å²) in [4.78, 5) is 18.6. The first-order valence-electron chi connectivity index (χ1n) is 7.46. The molecule has 20 heavy (non-hydrogen) atoms. The van der Waals surface area contributed by atoms with E-state index in [0.717, 1.165) is 37.4 Å². The molecule has 1 amide bonds. The molecule has 2 rings (SSSR count). The maximum Gasteiger partial charge on any atom is 0.222 e. The number of thioether (sulfide) groups is 1. The summed E-state index contributed by atoms with van der Waals surface area (Å²) in [6.45, 7) is 6.32. The van der Waals surface area contributed by atoms with Gasteiger partial charge in [-0.1, -0.05) is 19.9 Å². The Hall–Kier alpha value is -1.03. The number of aromatic nitrogens is 1. The first-order valence-corrected chi connectivity index (χ1v) is 8.51. The number of hydrogen-bond acceptors (Lipinski definition) is 3. The maximum atomic E-state index is 12.3. The van der Waals surface area contributed by atoms with Crippen molar-refractivity contribution in [3.8, 4) is 0 Å². The van der Waals surface area contributed by atoms with Crippen LogP contribution < -0.4 is 0 Å². The van der Waals surface area contributed by atoms with Crippen molar-refractivity contribution in [3.05, 3.63) is 30.1 Å². The summed E-state index contributed by atoms with van der Waals surface area (Å²) >= 11 is 2.01. The minimum absolute atomic E-state index is 0.312. The molecule has 0 unspecified atom stereocenters. The molecular formula is C16H24N2OS. The number of hydrogen-bond donors (Lipinski definition) is 0. The Morgan fingerprint density at radius 3 is 3.05 bits per heavy atom. The van der Waals surface area contributed by atoms with E-state index in [9.17, 15) is 4.79 Å². The van der Waals surface area contributed by atoms with E-state index in [4.69, 9.17) is 0 Å². The molecule has 1 aliphatic rings. The van der Waals surface area contributed by atoms with Gasteiger partial charge in [0.25, 0.3) is 0 Å². The van der Waals surface area contributed by atoms with Crippen molar-refractivity contribution in [1.29, 1.82) is 0 Å². The van der Waals surface area contributed by atoms with Crippen LogP contribution in [0.15, 0.2) is 24.4 Å². The topological polar surface area (TPSA) is 33.2 Å². The second-order valence-corrected chi connectivity index (χ2v) is 7.01. The lowest BCUT2D eigenvalue weighted by atomic mass is 10.1. The zero-order valence-electron chi connectivity index (χ0n) is 12.4. The summed E-state index contributed by atoms with van der Waals surface area (Å²) in [5.74, 6) is 2.03. The Morgan fingerprint density at radius 1 is 1.50 bits per heavy atom. The van der Waals surface area contributed by atoms with Crippen LogP contribution in [-0.4, -0.2) is 39.9 Å². The highest BCUT2D eigenvalue weighted by Crippen LogP contribution is 2.25. The summed E-state index contributed by atoms with van der Waals surface area (Å²) in [7, 11) is 0. The average Bonchev–Trinajstić information content (AvgIpc) is 2.48. The molecule has 0 aliphatic carbocycles. The molecule has 2 heterocycles. The quantitative estimate of drug-likeness (QED) is 0.836. The van der Waals surface area contributed by atoms with Crippen molar-refractivity contribution in [1.82, 2.24) is 9.88 Å². The molecule has 0 N–H and O–H groups in total. The van der Waals surface area contributed by atoms with Gasteiger partial charge < -0.3 is 4.90 Å². The van der Waals surface area contributed by atoms with Crippen molar-refractivity contribution in [2.45, 2.75) is 38.4 Å². The van der Waals surface area contributed by atoms with Crippen molar-refractivity contribution in [2.75, 3.05) is 18.8 Å². The van der Waals surface area contributed by atoms with Crippen molar-refractivity contribution in [3.63, 3.8) is 0 Å². The van der Waals surface area contributed by atoms with Gasteiger partial charge in [0.1, 0.15) is 0 Å². The fourth-order valence-electron chi connectivity index (χ4n) is 2.43. The van der Waals surface area contributed by atoms with Gasteiger partial charge in [-0.3, -0.25) is 9.78 Å². The number of amides is 1. The minimum atomic E-state index is 0.312. The van der Waals surface area contributed by atoms with Gasteiger partial charge in [-0.05, 0) is 30.9 Å². The lowest BCUT2D eigenvalue weighted by Gasteiger charge is -2.34. The highest BCUT2D eigenvalue weighted by atomic mass is 32.2. The number of rotatable bonds is 5. The smallest absolute Gasteiger partial charge is 0.222 e. The summed E-state index contributed by atoms with van der Waals surface area (Å²) in [6, 6.07) is 5.95. The number of carbonyl (C=O) groups excluding carboxylic acids is 1. The number of aryl methyl sites for hydroxylation is 1. The second kappa shape index (κ2) is 7.67. The standard InChI is InChI=1S/C16H24N2OS/c1-13(2)15-12-18(10-11-20-15)16(19)8-5-7-14-6-3-4-9-17-14/h3-4,6,9,13,15H,5,7-8,10-12H2,1-2H3/t15-/m1/s1. The Kier molecular flexibility index (Phi) is 5.89. The normalized spacial score (nSPS) is 19.4. The minimum Gasteiger partial charge on any atom is -0.341 e. The average molecular weight is 292 g/mol. The summed E-state index contributed by atoms with van der Waals surface area (Å²) in [6.07, 6.45) is 4.24. The second-order valence-electron chi connectivity index (χ2n) is 5.67. The molecule has 110 valence electrons. The third-order valence-corrected chi connectivity index (χ3v) is 5.28. The van der Waals surface area contributed by atoms with E-state index < -0.39 is 0 Å². The van der Waals surface area contributed by atoms with E-state index in [1.54, 1.807) is 0 Å². The molecule has 0 bridgehead atoms. The molecule has 1 fully saturated rings. The SMILES string of the molecule is CC(C)[C@H]1CN(C(=O)CCCc2ccccn2)CCS1. The fourth-order valence-corrected chi connectivity index (χ4v) is 3.73. The molecule has 4 heteroatoms. The predicted molar refractivity (Wildman–Crippen MR) is 84.8 cm³/mol. The Bertz CT molecular complexity index is 422. The summed E-state index contributed by atoms with van der Waals surface area (Å²) < 4.78 is 0. The Labute approximate surface area is 126 Å². The Balaban J connectivity index is 1.74. The third-order valence-electron chi connectivity index (χ3n) is 3.74. The van der Waals surface area contributed by atoms with Gasteiger partial charge in [0.2, 0.25) is 5.91 Å².